The Labute approximate surface area is 123 Å². The van der Waals surface area contributed by atoms with E-state index in [0.29, 0.717) is 10.0 Å². The standard InChI is InChI=1S/C14H17Cl2N3/c1-10(11-4-3-5-12(15)14(11)16)17-7-6-13-18-8-9-19(13)2/h3-5,8-10,17H,6-7H2,1-2H3. The minimum atomic E-state index is 0.159. The van der Waals surface area contributed by atoms with E-state index in [2.05, 4.69) is 17.2 Å². The lowest BCUT2D eigenvalue weighted by molar-refractivity contribution is 0.565. The summed E-state index contributed by atoms with van der Waals surface area (Å²) in [4.78, 5) is 4.29. The van der Waals surface area contributed by atoms with Crippen molar-refractivity contribution in [2.45, 2.75) is 19.4 Å². The maximum atomic E-state index is 6.20. The van der Waals surface area contributed by atoms with E-state index in [0.717, 1.165) is 24.4 Å². The largest absolute Gasteiger partial charge is 0.338 e. The minimum absolute atomic E-state index is 0.159. The van der Waals surface area contributed by atoms with Crippen LogP contribution in [0.25, 0.3) is 0 Å². The zero-order valence-corrected chi connectivity index (χ0v) is 12.5. The van der Waals surface area contributed by atoms with Gasteiger partial charge in [0.1, 0.15) is 5.82 Å². The molecule has 3 nitrogen and oxygen atoms in total. The third-order valence-corrected chi connectivity index (χ3v) is 4.00. The Balaban J connectivity index is 1.93. The van der Waals surface area contributed by atoms with Gasteiger partial charge in [-0.3, -0.25) is 0 Å². The Morgan fingerprint density at radius 3 is 2.84 bits per heavy atom. The summed E-state index contributed by atoms with van der Waals surface area (Å²) in [5.74, 6) is 1.07. The first kappa shape index (κ1) is 14.4. The molecule has 0 aliphatic carbocycles. The molecule has 0 radical (unpaired) electrons. The molecule has 1 heterocycles. The predicted molar refractivity (Wildman–Crippen MR) is 79.8 cm³/mol. The average molecular weight is 298 g/mol. The Kier molecular flexibility index (Phi) is 4.86. The van der Waals surface area contributed by atoms with E-state index in [1.54, 1.807) is 6.07 Å². The first-order valence-corrected chi connectivity index (χ1v) is 6.98. The second kappa shape index (κ2) is 6.42. The number of halogens is 2. The van der Waals surface area contributed by atoms with Crippen LogP contribution in [0.15, 0.2) is 30.6 Å². The number of hydrogen-bond donors (Lipinski definition) is 1. The van der Waals surface area contributed by atoms with Crippen molar-refractivity contribution in [1.29, 1.82) is 0 Å². The lowest BCUT2D eigenvalue weighted by Crippen LogP contribution is -2.22. The first-order valence-electron chi connectivity index (χ1n) is 6.23. The molecule has 0 bridgehead atoms. The summed E-state index contributed by atoms with van der Waals surface area (Å²) in [7, 11) is 2.00. The second-order valence-electron chi connectivity index (χ2n) is 4.52. The zero-order chi connectivity index (χ0) is 13.8. The van der Waals surface area contributed by atoms with Gasteiger partial charge in [-0.15, -0.1) is 0 Å². The molecule has 0 saturated heterocycles. The summed E-state index contributed by atoms with van der Waals surface area (Å²) < 4.78 is 2.03. The fourth-order valence-corrected chi connectivity index (χ4v) is 2.47. The van der Waals surface area contributed by atoms with Crippen LogP contribution in [0.4, 0.5) is 0 Å². The van der Waals surface area contributed by atoms with Crippen LogP contribution in [-0.4, -0.2) is 16.1 Å². The molecule has 1 N–H and O–H groups in total. The molecule has 0 spiro atoms. The highest BCUT2D eigenvalue weighted by Crippen LogP contribution is 2.29. The van der Waals surface area contributed by atoms with Gasteiger partial charge in [-0.1, -0.05) is 35.3 Å². The average Bonchev–Trinajstić information content (AvgIpc) is 2.78. The molecular weight excluding hydrogens is 281 g/mol. The summed E-state index contributed by atoms with van der Waals surface area (Å²) in [6.07, 6.45) is 4.64. The van der Waals surface area contributed by atoms with Gasteiger partial charge in [0.25, 0.3) is 0 Å². The fourth-order valence-electron chi connectivity index (χ4n) is 2.00. The number of hydrogen-bond acceptors (Lipinski definition) is 2. The van der Waals surface area contributed by atoms with Crippen molar-refractivity contribution in [2.75, 3.05) is 6.54 Å². The van der Waals surface area contributed by atoms with Crippen LogP contribution >= 0.6 is 23.2 Å². The molecule has 5 heteroatoms. The Morgan fingerprint density at radius 2 is 2.16 bits per heavy atom. The van der Waals surface area contributed by atoms with Gasteiger partial charge < -0.3 is 9.88 Å². The van der Waals surface area contributed by atoms with Gasteiger partial charge in [0.05, 0.1) is 10.0 Å². The van der Waals surface area contributed by atoms with E-state index in [1.165, 1.54) is 0 Å². The summed E-state index contributed by atoms with van der Waals surface area (Å²) in [5.41, 5.74) is 1.02. The first-order chi connectivity index (χ1) is 9.09. The topological polar surface area (TPSA) is 29.9 Å². The van der Waals surface area contributed by atoms with E-state index in [1.807, 2.05) is 36.1 Å². The van der Waals surface area contributed by atoms with Gasteiger partial charge in [0.15, 0.2) is 0 Å². The van der Waals surface area contributed by atoms with Crippen molar-refractivity contribution in [3.63, 3.8) is 0 Å². The minimum Gasteiger partial charge on any atom is -0.338 e. The number of aryl methyl sites for hydroxylation is 1. The van der Waals surface area contributed by atoms with Crippen molar-refractivity contribution in [3.05, 3.63) is 52.0 Å². The van der Waals surface area contributed by atoms with Gasteiger partial charge in [-0.25, -0.2) is 4.98 Å². The van der Waals surface area contributed by atoms with E-state index < -0.39 is 0 Å². The predicted octanol–water partition coefficient (Wildman–Crippen LogP) is 3.62. The molecule has 1 aromatic carbocycles. The lowest BCUT2D eigenvalue weighted by Gasteiger charge is -2.16. The van der Waals surface area contributed by atoms with Crippen LogP contribution in [0.1, 0.15) is 24.4 Å². The number of benzene rings is 1. The molecule has 0 saturated carbocycles. The number of imidazole rings is 1. The number of nitrogens with zero attached hydrogens (tertiary/aromatic N) is 2. The summed E-state index contributed by atoms with van der Waals surface area (Å²) >= 11 is 12.2. The zero-order valence-electron chi connectivity index (χ0n) is 11.0. The molecule has 1 aromatic heterocycles. The quantitative estimate of drug-likeness (QED) is 0.913. The summed E-state index contributed by atoms with van der Waals surface area (Å²) in [6, 6.07) is 5.87. The SMILES string of the molecule is CC(NCCc1nccn1C)c1cccc(Cl)c1Cl. The van der Waals surface area contributed by atoms with Crippen molar-refractivity contribution in [1.82, 2.24) is 14.9 Å². The van der Waals surface area contributed by atoms with Crippen molar-refractivity contribution < 1.29 is 0 Å². The third kappa shape index (κ3) is 3.50. The highest BCUT2D eigenvalue weighted by Gasteiger charge is 2.11. The third-order valence-electron chi connectivity index (χ3n) is 3.17. The highest BCUT2D eigenvalue weighted by molar-refractivity contribution is 6.42. The Morgan fingerprint density at radius 1 is 1.37 bits per heavy atom. The van der Waals surface area contributed by atoms with Crippen molar-refractivity contribution >= 4 is 23.2 Å². The molecule has 19 heavy (non-hydrogen) atoms. The second-order valence-corrected chi connectivity index (χ2v) is 5.31. The van der Waals surface area contributed by atoms with Gasteiger partial charge in [0.2, 0.25) is 0 Å². The number of aromatic nitrogens is 2. The lowest BCUT2D eigenvalue weighted by atomic mass is 10.1. The summed E-state index contributed by atoms with van der Waals surface area (Å²) in [5, 5.41) is 4.66. The normalized spacial score (nSPS) is 12.6. The molecule has 0 aliphatic rings. The van der Waals surface area contributed by atoms with Crippen molar-refractivity contribution in [2.24, 2.45) is 7.05 Å². The Hall–Kier alpha value is -1.03. The van der Waals surface area contributed by atoms with E-state index in [9.17, 15) is 0 Å². The van der Waals surface area contributed by atoms with E-state index in [4.69, 9.17) is 23.2 Å². The van der Waals surface area contributed by atoms with Crippen LogP contribution in [0.2, 0.25) is 10.0 Å². The number of rotatable bonds is 5. The van der Waals surface area contributed by atoms with Crippen LogP contribution < -0.4 is 5.32 Å². The molecule has 0 aliphatic heterocycles. The highest BCUT2D eigenvalue weighted by atomic mass is 35.5. The van der Waals surface area contributed by atoms with Crippen LogP contribution in [0, 0.1) is 0 Å². The van der Waals surface area contributed by atoms with E-state index >= 15 is 0 Å². The molecule has 1 atom stereocenters. The molecule has 2 rings (SSSR count). The number of nitrogens with one attached hydrogen (secondary N) is 1. The monoisotopic (exact) mass is 297 g/mol. The van der Waals surface area contributed by atoms with E-state index in [-0.39, 0.29) is 6.04 Å². The van der Waals surface area contributed by atoms with Crippen LogP contribution in [0.3, 0.4) is 0 Å². The van der Waals surface area contributed by atoms with Gasteiger partial charge >= 0.3 is 0 Å². The van der Waals surface area contributed by atoms with Gasteiger partial charge in [0, 0.05) is 38.4 Å². The van der Waals surface area contributed by atoms with Crippen molar-refractivity contribution in [3.8, 4) is 0 Å². The molecule has 0 fully saturated rings. The maximum Gasteiger partial charge on any atom is 0.109 e. The van der Waals surface area contributed by atoms with Crippen LogP contribution in [0.5, 0.6) is 0 Å². The summed E-state index contributed by atoms with van der Waals surface area (Å²) in [6.45, 7) is 2.92. The smallest absolute Gasteiger partial charge is 0.109 e. The molecule has 0 amide bonds. The molecule has 102 valence electrons. The Bertz CT molecular complexity index is 551. The van der Waals surface area contributed by atoms with Gasteiger partial charge in [-0.2, -0.15) is 0 Å². The van der Waals surface area contributed by atoms with Gasteiger partial charge in [-0.05, 0) is 18.6 Å². The molecule has 2 aromatic rings. The molecular formula is C14H17Cl2N3. The fraction of sp³-hybridized carbons (Fsp3) is 0.357. The molecule has 1 unspecified atom stereocenters. The van der Waals surface area contributed by atoms with Crippen LogP contribution in [-0.2, 0) is 13.5 Å². The maximum absolute atomic E-state index is 6.20.